The van der Waals surface area contributed by atoms with Crippen LogP contribution in [0.1, 0.15) is 18.0 Å². The lowest BCUT2D eigenvalue weighted by molar-refractivity contribution is 0.265. The van der Waals surface area contributed by atoms with Gasteiger partial charge in [0.25, 0.3) is 0 Å². The number of aryl methyl sites for hydroxylation is 1. The lowest BCUT2D eigenvalue weighted by Gasteiger charge is -2.05. The molecule has 3 rings (SSSR count). The van der Waals surface area contributed by atoms with Gasteiger partial charge in [0.2, 0.25) is 0 Å². The average Bonchev–Trinajstić information content (AvgIpc) is 2.83. The molecule has 0 aliphatic carbocycles. The first-order valence-corrected chi connectivity index (χ1v) is 6.96. The second kappa shape index (κ2) is 4.16. The highest BCUT2D eigenvalue weighted by Crippen LogP contribution is 2.42. The van der Waals surface area contributed by atoms with Gasteiger partial charge in [0.15, 0.2) is 0 Å². The molecule has 2 nitrogen and oxygen atoms in total. The van der Waals surface area contributed by atoms with Gasteiger partial charge in [-0.1, -0.05) is 39.1 Å². The minimum atomic E-state index is 0.180. The SMILES string of the molecule is OCC1CCn2c1cc1c(Br)cc(Cl)c(Cl)c12. The van der Waals surface area contributed by atoms with E-state index in [2.05, 4.69) is 26.6 Å². The first-order valence-electron chi connectivity index (χ1n) is 5.41. The summed E-state index contributed by atoms with van der Waals surface area (Å²) in [7, 11) is 0. The largest absolute Gasteiger partial charge is 0.396 e. The predicted octanol–water partition coefficient (Wildman–Crippen LogP) is 4.19. The molecule has 0 fully saturated rings. The van der Waals surface area contributed by atoms with E-state index < -0.39 is 0 Å². The molecule has 1 aromatic heterocycles. The number of fused-ring (bicyclic) bond motifs is 3. The van der Waals surface area contributed by atoms with Crippen molar-refractivity contribution in [1.82, 2.24) is 4.57 Å². The molecule has 17 heavy (non-hydrogen) atoms. The zero-order valence-electron chi connectivity index (χ0n) is 8.88. The molecule has 0 spiro atoms. The summed E-state index contributed by atoms with van der Waals surface area (Å²) < 4.78 is 3.11. The smallest absolute Gasteiger partial charge is 0.0836 e. The quantitative estimate of drug-likeness (QED) is 0.777. The van der Waals surface area contributed by atoms with Gasteiger partial charge in [-0.2, -0.15) is 0 Å². The van der Waals surface area contributed by atoms with E-state index in [9.17, 15) is 5.11 Å². The van der Waals surface area contributed by atoms with Gasteiger partial charge in [-0.3, -0.25) is 0 Å². The Hall–Kier alpha value is -0.220. The number of aromatic nitrogens is 1. The van der Waals surface area contributed by atoms with E-state index in [0.717, 1.165) is 34.0 Å². The van der Waals surface area contributed by atoms with Crippen molar-refractivity contribution in [2.75, 3.05) is 6.61 Å². The van der Waals surface area contributed by atoms with Crippen molar-refractivity contribution in [3.63, 3.8) is 0 Å². The van der Waals surface area contributed by atoms with E-state index >= 15 is 0 Å². The molecule has 1 aliphatic heterocycles. The van der Waals surface area contributed by atoms with Crippen LogP contribution in [0.2, 0.25) is 10.0 Å². The Kier molecular flexibility index (Phi) is 2.90. The first kappa shape index (κ1) is 11.8. The van der Waals surface area contributed by atoms with E-state index in [0.29, 0.717) is 10.0 Å². The summed E-state index contributed by atoms with van der Waals surface area (Å²) in [5.74, 6) is 0.212. The van der Waals surface area contributed by atoms with Crippen molar-refractivity contribution in [1.29, 1.82) is 0 Å². The highest BCUT2D eigenvalue weighted by atomic mass is 79.9. The molecule has 5 heteroatoms. The third-order valence-electron chi connectivity index (χ3n) is 3.40. The molecule has 0 saturated carbocycles. The number of halogens is 3. The molecular formula is C12H10BrCl2NO. The number of aliphatic hydroxyl groups is 1. The molecule has 0 radical (unpaired) electrons. The van der Waals surface area contributed by atoms with Gasteiger partial charge in [-0.25, -0.2) is 0 Å². The molecule has 1 N–H and O–H groups in total. The second-order valence-electron chi connectivity index (χ2n) is 4.31. The Labute approximate surface area is 117 Å². The van der Waals surface area contributed by atoms with E-state index in [1.807, 2.05) is 6.07 Å². The molecule has 0 saturated heterocycles. The zero-order chi connectivity index (χ0) is 12.2. The molecular weight excluding hydrogens is 325 g/mol. The van der Waals surface area contributed by atoms with Gasteiger partial charge >= 0.3 is 0 Å². The molecule has 0 bridgehead atoms. The molecule has 0 amide bonds. The van der Waals surface area contributed by atoms with Crippen molar-refractivity contribution in [2.45, 2.75) is 18.9 Å². The van der Waals surface area contributed by atoms with Crippen LogP contribution in [0.25, 0.3) is 10.9 Å². The minimum Gasteiger partial charge on any atom is -0.396 e. The molecule has 1 unspecified atom stereocenters. The summed E-state index contributed by atoms with van der Waals surface area (Å²) in [5, 5.41) is 11.6. The average molecular weight is 335 g/mol. The molecule has 1 aromatic carbocycles. The molecule has 2 heterocycles. The monoisotopic (exact) mass is 333 g/mol. The van der Waals surface area contributed by atoms with Crippen LogP contribution in [-0.2, 0) is 6.54 Å². The molecule has 1 atom stereocenters. The van der Waals surface area contributed by atoms with Crippen LogP contribution >= 0.6 is 39.1 Å². The van der Waals surface area contributed by atoms with Gasteiger partial charge in [-0.05, 0) is 18.6 Å². The van der Waals surface area contributed by atoms with Gasteiger partial charge in [0.1, 0.15) is 0 Å². The highest BCUT2D eigenvalue weighted by molar-refractivity contribution is 9.10. The second-order valence-corrected chi connectivity index (χ2v) is 5.94. The fourth-order valence-corrected chi connectivity index (χ4v) is 3.67. The minimum absolute atomic E-state index is 0.180. The predicted molar refractivity (Wildman–Crippen MR) is 74.1 cm³/mol. The number of nitrogens with zero attached hydrogens (tertiary/aromatic N) is 1. The maximum absolute atomic E-state index is 9.35. The topological polar surface area (TPSA) is 25.2 Å². The van der Waals surface area contributed by atoms with Gasteiger partial charge < -0.3 is 9.67 Å². The van der Waals surface area contributed by atoms with Gasteiger partial charge in [-0.15, -0.1) is 0 Å². The van der Waals surface area contributed by atoms with Crippen LogP contribution in [0.15, 0.2) is 16.6 Å². The first-order chi connectivity index (χ1) is 8.13. The van der Waals surface area contributed by atoms with E-state index in [4.69, 9.17) is 23.2 Å². The summed E-state index contributed by atoms with van der Waals surface area (Å²) >= 11 is 15.9. The standard InChI is InChI=1S/C12H10BrCl2NO/c13-8-4-9(14)11(15)12-7(8)3-10-6(5-17)1-2-16(10)12/h3-4,6,17H,1-2,5H2. The highest BCUT2D eigenvalue weighted by Gasteiger charge is 2.26. The number of benzene rings is 1. The lowest BCUT2D eigenvalue weighted by Crippen LogP contribution is -1.98. The van der Waals surface area contributed by atoms with E-state index in [1.54, 1.807) is 0 Å². The van der Waals surface area contributed by atoms with Crippen LogP contribution < -0.4 is 0 Å². The third-order valence-corrected chi connectivity index (χ3v) is 4.83. The van der Waals surface area contributed by atoms with Crippen LogP contribution in [0, 0.1) is 0 Å². The van der Waals surface area contributed by atoms with Crippen molar-refractivity contribution >= 4 is 50.0 Å². The number of hydrogen-bond donors (Lipinski definition) is 1. The van der Waals surface area contributed by atoms with E-state index in [-0.39, 0.29) is 12.5 Å². The van der Waals surface area contributed by atoms with Gasteiger partial charge in [0.05, 0.1) is 22.2 Å². The Balaban J connectivity index is 2.37. The summed E-state index contributed by atoms with van der Waals surface area (Å²) in [6.07, 6.45) is 0.961. The Morgan fingerprint density at radius 1 is 1.41 bits per heavy atom. The number of rotatable bonds is 1. The summed E-state index contributed by atoms with van der Waals surface area (Å²) in [6, 6.07) is 3.91. The third kappa shape index (κ3) is 1.64. The van der Waals surface area contributed by atoms with Crippen LogP contribution in [0.4, 0.5) is 0 Å². The Bertz CT molecular complexity index is 608. The summed E-state index contributed by atoms with van der Waals surface area (Å²) in [6.45, 7) is 1.07. The number of aliphatic hydroxyl groups excluding tert-OH is 1. The fraction of sp³-hybridized carbons (Fsp3) is 0.333. The fourth-order valence-electron chi connectivity index (χ4n) is 2.55. The van der Waals surface area contributed by atoms with Crippen molar-refractivity contribution in [3.05, 3.63) is 32.3 Å². The summed E-state index contributed by atoms with van der Waals surface area (Å²) in [5.41, 5.74) is 2.12. The van der Waals surface area contributed by atoms with Gasteiger partial charge in [0, 0.05) is 28.0 Å². The molecule has 1 aliphatic rings. The van der Waals surface area contributed by atoms with Crippen molar-refractivity contribution in [2.24, 2.45) is 0 Å². The number of hydrogen-bond acceptors (Lipinski definition) is 1. The van der Waals surface area contributed by atoms with E-state index in [1.165, 1.54) is 0 Å². The van der Waals surface area contributed by atoms with Crippen LogP contribution in [0.5, 0.6) is 0 Å². The zero-order valence-corrected chi connectivity index (χ0v) is 12.0. The Morgan fingerprint density at radius 2 is 2.18 bits per heavy atom. The molecule has 2 aromatic rings. The van der Waals surface area contributed by atoms with Crippen LogP contribution in [-0.4, -0.2) is 16.3 Å². The lowest BCUT2D eigenvalue weighted by atomic mass is 10.1. The van der Waals surface area contributed by atoms with Crippen molar-refractivity contribution < 1.29 is 5.11 Å². The normalized spacial score (nSPS) is 18.9. The Morgan fingerprint density at radius 3 is 2.88 bits per heavy atom. The summed E-state index contributed by atoms with van der Waals surface area (Å²) in [4.78, 5) is 0. The maximum Gasteiger partial charge on any atom is 0.0836 e. The molecule has 90 valence electrons. The van der Waals surface area contributed by atoms with Crippen LogP contribution in [0.3, 0.4) is 0 Å². The van der Waals surface area contributed by atoms with Crippen molar-refractivity contribution in [3.8, 4) is 0 Å². The maximum atomic E-state index is 9.35.